The minimum Gasteiger partial charge on any atom is -0.481 e. The lowest BCUT2D eigenvalue weighted by atomic mass is 10.1. The summed E-state index contributed by atoms with van der Waals surface area (Å²) in [5.74, 6) is 1.08. The van der Waals surface area contributed by atoms with Crippen LogP contribution < -0.4 is 10.1 Å². The van der Waals surface area contributed by atoms with Crippen molar-refractivity contribution in [1.82, 2.24) is 9.97 Å². The Hall–Kier alpha value is -2.15. The van der Waals surface area contributed by atoms with E-state index < -0.39 is 9.84 Å². The lowest BCUT2D eigenvalue weighted by Crippen LogP contribution is -2.05. The number of anilines is 2. The Bertz CT molecular complexity index is 700. The molecule has 1 heterocycles. The van der Waals surface area contributed by atoms with Gasteiger partial charge in [-0.25, -0.2) is 13.4 Å². The van der Waals surface area contributed by atoms with E-state index in [0.29, 0.717) is 18.2 Å². The molecule has 0 atom stereocenters. The highest BCUT2D eigenvalue weighted by atomic mass is 32.2. The fourth-order valence-electron chi connectivity index (χ4n) is 1.70. The average molecular weight is 307 g/mol. The van der Waals surface area contributed by atoms with E-state index in [1.165, 1.54) is 6.26 Å². The Morgan fingerprint density at radius 2 is 1.90 bits per heavy atom. The van der Waals surface area contributed by atoms with Crippen LogP contribution in [0.15, 0.2) is 36.5 Å². The maximum Gasteiger partial charge on any atom is 0.230 e. The molecule has 0 saturated heterocycles. The Balaban J connectivity index is 2.01. The Morgan fingerprint density at radius 3 is 2.52 bits per heavy atom. The van der Waals surface area contributed by atoms with Crippen molar-refractivity contribution < 1.29 is 13.2 Å². The number of benzene rings is 1. The van der Waals surface area contributed by atoms with Gasteiger partial charge in [0, 0.05) is 24.2 Å². The smallest absolute Gasteiger partial charge is 0.230 e. The summed E-state index contributed by atoms with van der Waals surface area (Å²) in [6.07, 6.45) is 3.35. The van der Waals surface area contributed by atoms with E-state index in [-0.39, 0.29) is 5.75 Å². The van der Waals surface area contributed by atoms with Gasteiger partial charge in [-0.2, -0.15) is 4.98 Å². The van der Waals surface area contributed by atoms with Crippen LogP contribution in [0.1, 0.15) is 5.56 Å². The first-order chi connectivity index (χ1) is 9.96. The van der Waals surface area contributed by atoms with Gasteiger partial charge in [-0.15, -0.1) is 0 Å². The van der Waals surface area contributed by atoms with Gasteiger partial charge in [0.25, 0.3) is 0 Å². The van der Waals surface area contributed by atoms with Crippen molar-refractivity contribution in [1.29, 1.82) is 0 Å². The molecule has 0 saturated carbocycles. The molecule has 6 nitrogen and oxygen atoms in total. The summed E-state index contributed by atoms with van der Waals surface area (Å²) >= 11 is 0. The average Bonchev–Trinajstić information content (AvgIpc) is 2.46. The van der Waals surface area contributed by atoms with Crippen molar-refractivity contribution in [2.45, 2.75) is 6.42 Å². The molecule has 1 aromatic heterocycles. The quantitative estimate of drug-likeness (QED) is 0.876. The second kappa shape index (κ2) is 6.53. The molecular formula is C14H17N3O3S. The van der Waals surface area contributed by atoms with E-state index >= 15 is 0 Å². The highest BCUT2D eigenvalue weighted by molar-refractivity contribution is 7.90. The summed E-state index contributed by atoms with van der Waals surface area (Å²) in [5.41, 5.74) is 1.80. The number of ether oxygens (including phenoxy) is 1. The molecule has 1 aromatic carbocycles. The highest BCUT2D eigenvalue weighted by Crippen LogP contribution is 2.16. The molecule has 0 radical (unpaired) electrons. The van der Waals surface area contributed by atoms with Gasteiger partial charge in [0.15, 0.2) is 0 Å². The fraction of sp³-hybridized carbons (Fsp3) is 0.286. The van der Waals surface area contributed by atoms with Gasteiger partial charge >= 0.3 is 0 Å². The van der Waals surface area contributed by atoms with Crippen molar-refractivity contribution in [3.63, 3.8) is 0 Å². The van der Waals surface area contributed by atoms with E-state index in [9.17, 15) is 8.42 Å². The van der Waals surface area contributed by atoms with Crippen LogP contribution in [0.5, 0.6) is 5.88 Å². The molecule has 0 bridgehead atoms. The second-order valence-corrected chi connectivity index (χ2v) is 6.88. The Kier molecular flexibility index (Phi) is 4.74. The lowest BCUT2D eigenvalue weighted by Gasteiger charge is -2.07. The van der Waals surface area contributed by atoms with Crippen molar-refractivity contribution in [2.75, 3.05) is 24.4 Å². The number of nitrogens with zero attached hydrogens (tertiary/aromatic N) is 2. The third-order valence-corrected chi connectivity index (χ3v) is 3.76. The van der Waals surface area contributed by atoms with Gasteiger partial charge in [-0.1, -0.05) is 12.1 Å². The molecule has 7 heteroatoms. The molecule has 1 N–H and O–H groups in total. The SMILES string of the molecule is COc1ccnc(Nc2ccc(CCS(C)(=O)=O)cc2)n1. The number of sulfone groups is 1. The molecule has 0 amide bonds. The molecule has 0 fully saturated rings. The van der Waals surface area contributed by atoms with Gasteiger partial charge in [-0.3, -0.25) is 0 Å². The fourth-order valence-corrected chi connectivity index (χ4v) is 2.31. The minimum atomic E-state index is -2.94. The molecule has 112 valence electrons. The normalized spacial score (nSPS) is 11.1. The first-order valence-corrected chi connectivity index (χ1v) is 8.43. The van der Waals surface area contributed by atoms with Crippen LogP contribution in [0.4, 0.5) is 11.6 Å². The molecule has 0 aliphatic carbocycles. The summed E-state index contributed by atoms with van der Waals surface area (Å²) in [4.78, 5) is 8.25. The summed E-state index contributed by atoms with van der Waals surface area (Å²) in [6, 6.07) is 9.15. The van der Waals surface area contributed by atoms with E-state index in [1.54, 1.807) is 19.4 Å². The first kappa shape index (κ1) is 15.2. The third kappa shape index (κ3) is 5.03. The molecule has 2 aromatic rings. The molecule has 0 spiro atoms. The molecule has 21 heavy (non-hydrogen) atoms. The second-order valence-electron chi connectivity index (χ2n) is 4.62. The van der Waals surface area contributed by atoms with Crippen LogP contribution in [0, 0.1) is 0 Å². The topological polar surface area (TPSA) is 81.2 Å². The predicted octanol–water partition coefficient (Wildman–Crippen LogP) is 1.82. The number of rotatable bonds is 6. The minimum absolute atomic E-state index is 0.152. The van der Waals surface area contributed by atoms with Crippen LogP contribution in [0.3, 0.4) is 0 Å². The molecule has 0 unspecified atom stereocenters. The first-order valence-electron chi connectivity index (χ1n) is 6.37. The van der Waals surface area contributed by atoms with Crippen molar-refractivity contribution >= 4 is 21.5 Å². The number of aryl methyl sites for hydroxylation is 1. The van der Waals surface area contributed by atoms with Crippen LogP contribution in [0.25, 0.3) is 0 Å². The number of aromatic nitrogens is 2. The molecular weight excluding hydrogens is 290 g/mol. The lowest BCUT2D eigenvalue weighted by molar-refractivity contribution is 0.397. The highest BCUT2D eigenvalue weighted by Gasteiger charge is 2.04. The summed E-state index contributed by atoms with van der Waals surface area (Å²) in [7, 11) is -1.39. The Morgan fingerprint density at radius 1 is 1.19 bits per heavy atom. The Labute approximate surface area is 124 Å². The van der Waals surface area contributed by atoms with Gasteiger partial charge in [0.2, 0.25) is 11.8 Å². The van der Waals surface area contributed by atoms with Crippen molar-refractivity contribution in [3.05, 3.63) is 42.1 Å². The largest absolute Gasteiger partial charge is 0.481 e. The van der Waals surface area contributed by atoms with E-state index in [4.69, 9.17) is 4.74 Å². The van der Waals surface area contributed by atoms with Crippen LogP contribution in [0.2, 0.25) is 0 Å². The standard InChI is InChI=1S/C14H17N3O3S/c1-20-13-7-9-15-14(17-13)16-12-5-3-11(4-6-12)8-10-21(2,18)19/h3-7,9H,8,10H2,1-2H3,(H,15,16,17). The van der Waals surface area contributed by atoms with Gasteiger partial charge < -0.3 is 10.1 Å². The number of methoxy groups -OCH3 is 1. The predicted molar refractivity (Wildman–Crippen MR) is 81.7 cm³/mol. The zero-order valence-electron chi connectivity index (χ0n) is 11.9. The molecule has 0 aliphatic rings. The third-order valence-electron chi connectivity index (χ3n) is 2.81. The van der Waals surface area contributed by atoms with Crippen LogP contribution in [-0.4, -0.2) is 37.5 Å². The van der Waals surface area contributed by atoms with E-state index in [1.807, 2.05) is 24.3 Å². The summed E-state index contributed by atoms with van der Waals surface area (Å²) in [5, 5.41) is 3.06. The maximum absolute atomic E-state index is 11.1. The van der Waals surface area contributed by atoms with Crippen molar-refractivity contribution in [2.24, 2.45) is 0 Å². The molecule has 0 aliphatic heterocycles. The number of hydrogen-bond acceptors (Lipinski definition) is 6. The number of hydrogen-bond donors (Lipinski definition) is 1. The van der Waals surface area contributed by atoms with E-state index in [2.05, 4.69) is 15.3 Å². The van der Waals surface area contributed by atoms with Gasteiger partial charge in [0.05, 0.1) is 12.9 Å². The van der Waals surface area contributed by atoms with Crippen molar-refractivity contribution in [3.8, 4) is 5.88 Å². The van der Waals surface area contributed by atoms with Gasteiger partial charge in [0.1, 0.15) is 9.84 Å². The van der Waals surface area contributed by atoms with Crippen LogP contribution in [-0.2, 0) is 16.3 Å². The van der Waals surface area contributed by atoms with Gasteiger partial charge in [-0.05, 0) is 24.1 Å². The summed E-state index contributed by atoms with van der Waals surface area (Å²) in [6.45, 7) is 0. The van der Waals surface area contributed by atoms with Crippen LogP contribution >= 0.6 is 0 Å². The summed E-state index contributed by atoms with van der Waals surface area (Å²) < 4.78 is 27.3. The van der Waals surface area contributed by atoms with E-state index in [0.717, 1.165) is 11.3 Å². The maximum atomic E-state index is 11.1. The zero-order chi connectivity index (χ0) is 15.3. The molecule has 2 rings (SSSR count). The number of nitrogens with one attached hydrogen (secondary N) is 1. The zero-order valence-corrected chi connectivity index (χ0v) is 12.7. The monoisotopic (exact) mass is 307 g/mol.